The molecule has 0 N–H and O–H groups in total. The van der Waals surface area contributed by atoms with Gasteiger partial charge < -0.3 is 9.97 Å². The molecule has 6 aromatic rings. The third-order valence-corrected chi connectivity index (χ3v) is 10.4. The fraction of sp³-hybridized carbons (Fsp3) is 0.200. The maximum Gasteiger partial charge on any atom is 0.0776 e. The summed E-state index contributed by atoms with van der Waals surface area (Å²) in [4.78, 5) is 8.80. The molecule has 1 saturated carbocycles. The molecule has 1 aliphatic carbocycles. The van der Waals surface area contributed by atoms with Crippen molar-refractivity contribution in [2.45, 2.75) is 45.3 Å². The minimum atomic E-state index is -2.09. The van der Waals surface area contributed by atoms with E-state index in [1.54, 1.807) is 18.2 Å². The van der Waals surface area contributed by atoms with Crippen molar-refractivity contribution in [3.8, 4) is 22.5 Å². The Balaban J connectivity index is 0.000000188. The zero-order valence-corrected chi connectivity index (χ0v) is 27.0. The topological polar surface area (TPSA) is 25.8 Å². The van der Waals surface area contributed by atoms with Gasteiger partial charge in [0.05, 0.1) is 8.07 Å². The predicted molar refractivity (Wildman–Crippen MR) is 170 cm³/mol. The second-order valence-corrected chi connectivity index (χ2v) is 17.2. The van der Waals surface area contributed by atoms with Crippen molar-refractivity contribution in [2.75, 3.05) is 0 Å². The van der Waals surface area contributed by atoms with Crippen LogP contribution in [0.4, 0.5) is 0 Å². The molecule has 3 aromatic carbocycles. The molecule has 3 heterocycles. The van der Waals surface area contributed by atoms with Crippen molar-refractivity contribution in [1.82, 2.24) is 9.97 Å². The Bertz CT molecular complexity index is 1860. The first-order chi connectivity index (χ1) is 20.1. The number of aryl methyl sites for hydroxylation is 1. The van der Waals surface area contributed by atoms with Gasteiger partial charge in [0.15, 0.2) is 0 Å². The van der Waals surface area contributed by atoms with Crippen molar-refractivity contribution in [3.63, 3.8) is 0 Å². The summed E-state index contributed by atoms with van der Waals surface area (Å²) in [6.07, 6.45) is 5.99. The summed E-state index contributed by atoms with van der Waals surface area (Å²) in [5.74, 6) is 0.748. The summed E-state index contributed by atoms with van der Waals surface area (Å²) in [6.45, 7) is 5.14. The predicted octanol–water partition coefficient (Wildman–Crippen LogP) is 9.19. The van der Waals surface area contributed by atoms with Gasteiger partial charge in [-0.1, -0.05) is 66.1 Å². The molecule has 0 unspecified atom stereocenters. The van der Waals surface area contributed by atoms with Crippen LogP contribution < -0.4 is 5.19 Å². The molecule has 0 atom stereocenters. The van der Waals surface area contributed by atoms with E-state index >= 15 is 0 Å². The van der Waals surface area contributed by atoms with E-state index in [4.69, 9.17) is 4.11 Å². The van der Waals surface area contributed by atoms with Crippen LogP contribution in [-0.4, -0.2) is 18.0 Å². The Hall–Kier alpha value is -2.95. The van der Waals surface area contributed by atoms with E-state index in [0.29, 0.717) is 0 Å². The Morgan fingerprint density at radius 1 is 0.875 bits per heavy atom. The van der Waals surface area contributed by atoms with Gasteiger partial charge in [-0.2, -0.15) is 11.3 Å². The molecular weight excluding hydrogens is 701 g/mol. The van der Waals surface area contributed by atoms with E-state index in [-0.39, 0.29) is 25.7 Å². The molecule has 0 spiro atoms. The maximum absolute atomic E-state index is 7.23. The second-order valence-electron chi connectivity index (χ2n) is 11.1. The first-order valence-corrected chi connectivity index (χ1v) is 17.7. The molecule has 0 aliphatic heterocycles. The van der Waals surface area contributed by atoms with Crippen LogP contribution in [0.1, 0.15) is 34.0 Å². The van der Waals surface area contributed by atoms with Crippen molar-refractivity contribution < 1.29 is 24.2 Å². The van der Waals surface area contributed by atoms with Gasteiger partial charge >= 0.3 is 0 Å². The van der Waals surface area contributed by atoms with Gasteiger partial charge in [-0.05, 0) is 64.8 Å². The van der Waals surface area contributed by atoms with Gasteiger partial charge in [0.2, 0.25) is 0 Å². The molecule has 5 heteroatoms. The SMILES string of the molecule is C[Si](C)(C)c1ccc2c(c1)sc1c(-c3cc(C4CC4)ccn3)[c-]ccc12.[2H]C([2H])([2H])c1ccc(-c2[c-]cccc2)nc1.[Ir]. The van der Waals surface area contributed by atoms with Crippen LogP contribution in [0.3, 0.4) is 0 Å². The number of pyridine rings is 2. The van der Waals surface area contributed by atoms with E-state index in [1.165, 1.54) is 50.0 Å². The maximum atomic E-state index is 7.23. The molecular formula is C35H32IrN2SSi-2. The molecule has 203 valence electrons. The van der Waals surface area contributed by atoms with E-state index in [0.717, 1.165) is 28.4 Å². The molecule has 3 aromatic heterocycles. The standard InChI is InChI=1S/C23H22NSSi.C12H10N.Ir/c1-26(2,3)17-9-10-18-19-5-4-6-20(23(19)25-22(18)14-17)21-13-16(11-12-24-21)15-7-8-15;1-10-7-8-12(13-9-10)11-5-3-2-4-6-11;/h4-5,9-15H,7-8H2,1-3H3;2-5,7-9H,1H3;/q2*-1;/i;1D3;. The average Bonchev–Trinajstić information content (AvgIpc) is 3.77. The van der Waals surface area contributed by atoms with Crippen LogP contribution in [0.2, 0.25) is 19.6 Å². The van der Waals surface area contributed by atoms with Gasteiger partial charge in [-0.3, -0.25) is 0 Å². The number of rotatable bonds is 4. The second kappa shape index (κ2) is 11.9. The number of aromatic nitrogens is 2. The molecule has 1 fully saturated rings. The Kier molecular flexibility index (Phi) is 7.37. The van der Waals surface area contributed by atoms with Gasteiger partial charge in [-0.25, -0.2) is 0 Å². The largest absolute Gasteiger partial charge is 0.305 e. The number of benzene rings is 3. The van der Waals surface area contributed by atoms with Crippen molar-refractivity contribution in [1.29, 1.82) is 0 Å². The Morgan fingerprint density at radius 3 is 2.45 bits per heavy atom. The van der Waals surface area contributed by atoms with Gasteiger partial charge in [-0.15, -0.1) is 59.7 Å². The van der Waals surface area contributed by atoms with Crippen molar-refractivity contribution in [3.05, 3.63) is 115 Å². The molecule has 1 radical (unpaired) electrons. The molecule has 7 rings (SSSR count). The number of nitrogens with zero attached hydrogens (tertiary/aromatic N) is 2. The van der Waals surface area contributed by atoms with Crippen LogP contribution in [-0.2, 0) is 20.1 Å². The number of fused-ring (bicyclic) bond motifs is 3. The fourth-order valence-electron chi connectivity index (χ4n) is 4.76. The Morgan fingerprint density at radius 2 is 1.75 bits per heavy atom. The van der Waals surface area contributed by atoms with E-state index in [1.807, 2.05) is 35.7 Å². The van der Waals surface area contributed by atoms with Gasteiger partial charge in [0.1, 0.15) is 0 Å². The van der Waals surface area contributed by atoms with Gasteiger partial charge in [0.25, 0.3) is 0 Å². The average molecular weight is 736 g/mol. The van der Waals surface area contributed by atoms with Crippen LogP contribution in [0.15, 0.2) is 91.3 Å². The first kappa shape index (κ1) is 24.8. The zero-order valence-electron chi connectivity index (χ0n) is 25.8. The number of hydrogen-bond donors (Lipinski definition) is 0. The third-order valence-electron chi connectivity index (χ3n) is 7.14. The quantitative estimate of drug-likeness (QED) is 0.133. The molecule has 40 heavy (non-hydrogen) atoms. The monoisotopic (exact) mass is 736 g/mol. The summed E-state index contributed by atoms with van der Waals surface area (Å²) in [6, 6.07) is 33.0. The normalized spacial score (nSPS) is 14.4. The minimum absolute atomic E-state index is 0. The van der Waals surface area contributed by atoms with Crippen molar-refractivity contribution in [2.24, 2.45) is 0 Å². The summed E-state index contributed by atoms with van der Waals surface area (Å²) in [7, 11) is -1.30. The number of hydrogen-bond acceptors (Lipinski definition) is 3. The summed E-state index contributed by atoms with van der Waals surface area (Å²) >= 11 is 1.89. The molecule has 0 saturated heterocycles. The van der Waals surface area contributed by atoms with E-state index in [9.17, 15) is 0 Å². The Labute approximate surface area is 260 Å². The first-order valence-electron chi connectivity index (χ1n) is 14.9. The third kappa shape index (κ3) is 6.18. The summed E-state index contributed by atoms with van der Waals surface area (Å²) in [5, 5.41) is 4.22. The summed E-state index contributed by atoms with van der Waals surface area (Å²) in [5.41, 5.74) is 5.50. The van der Waals surface area contributed by atoms with E-state index < -0.39 is 14.9 Å². The van der Waals surface area contributed by atoms with Crippen LogP contribution in [0, 0.1) is 19.0 Å². The number of thiophene rings is 1. The van der Waals surface area contributed by atoms with Crippen LogP contribution >= 0.6 is 11.3 Å². The summed E-state index contributed by atoms with van der Waals surface area (Å²) < 4.78 is 24.4. The zero-order chi connectivity index (χ0) is 29.5. The van der Waals surface area contributed by atoms with Crippen molar-refractivity contribution >= 4 is 44.8 Å². The van der Waals surface area contributed by atoms with Crippen LogP contribution in [0.25, 0.3) is 42.7 Å². The molecule has 2 nitrogen and oxygen atoms in total. The van der Waals surface area contributed by atoms with Crippen LogP contribution in [0.5, 0.6) is 0 Å². The molecule has 0 amide bonds. The minimum Gasteiger partial charge on any atom is -0.305 e. The smallest absolute Gasteiger partial charge is 0.0776 e. The fourth-order valence-corrected chi connectivity index (χ4v) is 7.27. The van der Waals surface area contributed by atoms with E-state index in [2.05, 4.69) is 84.2 Å². The van der Waals surface area contributed by atoms with Gasteiger partial charge in [0, 0.05) is 41.3 Å². The molecule has 0 bridgehead atoms. The molecule has 1 aliphatic rings.